The standard InChI is InChI=1S/C14H11BrO4S.C2H6/c1-20(18,19)11-5-2-9(3-6-11)10-4-7-12(14(16)17)13(15)8-10;1-2/h2-8H,1H3,(H,16,17);1-2H3. The van der Waals surface area contributed by atoms with Gasteiger partial charge in [0.2, 0.25) is 0 Å². The van der Waals surface area contributed by atoms with Gasteiger partial charge in [0, 0.05) is 10.7 Å². The van der Waals surface area contributed by atoms with Crippen LogP contribution >= 0.6 is 15.9 Å². The van der Waals surface area contributed by atoms with E-state index in [1.807, 2.05) is 13.8 Å². The van der Waals surface area contributed by atoms with Crippen LogP contribution in [-0.2, 0) is 9.84 Å². The highest BCUT2D eigenvalue weighted by Gasteiger charge is 2.10. The van der Waals surface area contributed by atoms with Gasteiger partial charge in [0.25, 0.3) is 0 Å². The Balaban J connectivity index is 0.00000116. The second-order valence-electron chi connectivity index (χ2n) is 4.30. The van der Waals surface area contributed by atoms with Crippen molar-refractivity contribution in [2.75, 3.05) is 6.26 Å². The summed E-state index contributed by atoms with van der Waals surface area (Å²) in [6.45, 7) is 4.00. The van der Waals surface area contributed by atoms with Crippen LogP contribution in [0, 0.1) is 0 Å². The molecule has 0 spiro atoms. The van der Waals surface area contributed by atoms with Gasteiger partial charge in [0.1, 0.15) is 0 Å². The van der Waals surface area contributed by atoms with E-state index in [0.717, 1.165) is 17.4 Å². The first-order valence-electron chi connectivity index (χ1n) is 6.62. The molecule has 4 nitrogen and oxygen atoms in total. The van der Waals surface area contributed by atoms with Gasteiger partial charge >= 0.3 is 5.97 Å². The molecular weight excluding hydrogens is 368 g/mol. The zero-order valence-electron chi connectivity index (χ0n) is 12.5. The number of sulfone groups is 1. The predicted octanol–water partition coefficient (Wildman–Crippen LogP) is 4.24. The number of carboxylic acids is 1. The molecular formula is C16H17BrO4S. The Labute approximate surface area is 138 Å². The SMILES string of the molecule is CC.CS(=O)(=O)c1ccc(-c2ccc(C(=O)O)c(Br)c2)cc1. The molecule has 0 atom stereocenters. The minimum Gasteiger partial charge on any atom is -0.478 e. The molecule has 0 bridgehead atoms. The van der Waals surface area contributed by atoms with Gasteiger partial charge in [-0.2, -0.15) is 0 Å². The van der Waals surface area contributed by atoms with Gasteiger partial charge in [-0.15, -0.1) is 0 Å². The van der Waals surface area contributed by atoms with Crippen molar-refractivity contribution in [2.45, 2.75) is 18.7 Å². The maximum Gasteiger partial charge on any atom is 0.336 e. The molecule has 22 heavy (non-hydrogen) atoms. The average molecular weight is 385 g/mol. The van der Waals surface area contributed by atoms with Crippen LogP contribution in [0.25, 0.3) is 11.1 Å². The molecule has 2 aromatic carbocycles. The van der Waals surface area contributed by atoms with E-state index >= 15 is 0 Å². The number of carbonyl (C=O) groups is 1. The molecule has 0 saturated carbocycles. The number of hydrogen-bond acceptors (Lipinski definition) is 3. The molecule has 0 saturated heterocycles. The minimum atomic E-state index is -3.21. The second kappa shape index (κ2) is 7.56. The predicted molar refractivity (Wildman–Crippen MR) is 91.0 cm³/mol. The molecule has 0 aromatic heterocycles. The zero-order chi connectivity index (χ0) is 16.9. The molecule has 0 radical (unpaired) electrons. The minimum absolute atomic E-state index is 0.182. The van der Waals surface area contributed by atoms with Crippen molar-refractivity contribution in [1.29, 1.82) is 0 Å². The van der Waals surface area contributed by atoms with Gasteiger partial charge in [-0.25, -0.2) is 13.2 Å². The van der Waals surface area contributed by atoms with Crippen molar-refractivity contribution in [1.82, 2.24) is 0 Å². The van der Waals surface area contributed by atoms with Crippen LogP contribution in [0.15, 0.2) is 51.8 Å². The van der Waals surface area contributed by atoms with Crippen molar-refractivity contribution in [2.24, 2.45) is 0 Å². The fourth-order valence-electron chi connectivity index (χ4n) is 1.76. The van der Waals surface area contributed by atoms with E-state index in [0.29, 0.717) is 4.47 Å². The second-order valence-corrected chi connectivity index (χ2v) is 7.17. The Kier molecular flexibility index (Phi) is 6.32. The highest BCUT2D eigenvalue weighted by Crippen LogP contribution is 2.27. The highest BCUT2D eigenvalue weighted by atomic mass is 79.9. The summed E-state index contributed by atoms with van der Waals surface area (Å²) in [5.41, 5.74) is 1.80. The first kappa shape index (κ1) is 18.4. The van der Waals surface area contributed by atoms with Crippen LogP contribution < -0.4 is 0 Å². The van der Waals surface area contributed by atoms with Crippen molar-refractivity contribution in [3.63, 3.8) is 0 Å². The zero-order valence-corrected chi connectivity index (χ0v) is 14.9. The molecule has 0 heterocycles. The van der Waals surface area contributed by atoms with Crippen LogP contribution in [0.1, 0.15) is 24.2 Å². The number of benzene rings is 2. The van der Waals surface area contributed by atoms with E-state index in [9.17, 15) is 13.2 Å². The summed E-state index contributed by atoms with van der Waals surface area (Å²) >= 11 is 3.21. The van der Waals surface area contributed by atoms with Gasteiger partial charge in [0.15, 0.2) is 9.84 Å². The van der Waals surface area contributed by atoms with Crippen LogP contribution in [0.2, 0.25) is 0 Å². The highest BCUT2D eigenvalue weighted by molar-refractivity contribution is 9.10. The van der Waals surface area contributed by atoms with Gasteiger partial charge in [-0.1, -0.05) is 32.0 Å². The summed E-state index contributed by atoms with van der Waals surface area (Å²) in [6.07, 6.45) is 1.15. The Morgan fingerprint density at radius 1 is 1.00 bits per heavy atom. The Morgan fingerprint density at radius 3 is 1.91 bits per heavy atom. The van der Waals surface area contributed by atoms with E-state index in [4.69, 9.17) is 5.11 Å². The lowest BCUT2D eigenvalue weighted by Gasteiger charge is -2.06. The van der Waals surface area contributed by atoms with Crippen LogP contribution in [0.4, 0.5) is 0 Å². The molecule has 2 aromatic rings. The van der Waals surface area contributed by atoms with Crippen molar-refractivity contribution >= 4 is 31.7 Å². The Hall–Kier alpha value is -1.66. The average Bonchev–Trinajstić information content (AvgIpc) is 2.48. The lowest BCUT2D eigenvalue weighted by atomic mass is 10.0. The van der Waals surface area contributed by atoms with Crippen LogP contribution in [0.3, 0.4) is 0 Å². The van der Waals surface area contributed by atoms with Crippen molar-refractivity contribution in [3.05, 3.63) is 52.5 Å². The molecule has 0 fully saturated rings. The largest absolute Gasteiger partial charge is 0.478 e. The molecule has 118 valence electrons. The monoisotopic (exact) mass is 384 g/mol. The van der Waals surface area contributed by atoms with Gasteiger partial charge in [0.05, 0.1) is 10.5 Å². The number of carboxylic acid groups (broad SMARTS) is 1. The van der Waals surface area contributed by atoms with Gasteiger partial charge in [-0.3, -0.25) is 0 Å². The molecule has 0 unspecified atom stereocenters. The number of rotatable bonds is 3. The molecule has 6 heteroatoms. The van der Waals surface area contributed by atoms with Gasteiger partial charge < -0.3 is 5.11 Å². The third kappa shape index (κ3) is 4.42. The lowest BCUT2D eigenvalue weighted by Crippen LogP contribution is -1.98. The first-order valence-corrected chi connectivity index (χ1v) is 9.31. The lowest BCUT2D eigenvalue weighted by molar-refractivity contribution is 0.0696. The number of aromatic carboxylic acids is 1. The van der Waals surface area contributed by atoms with Gasteiger partial charge in [-0.05, 0) is 51.3 Å². The summed E-state index contributed by atoms with van der Waals surface area (Å²) in [4.78, 5) is 11.2. The molecule has 1 N–H and O–H groups in total. The van der Waals surface area contributed by atoms with Crippen LogP contribution in [0.5, 0.6) is 0 Å². The summed E-state index contributed by atoms with van der Waals surface area (Å²) in [7, 11) is -3.21. The molecule has 0 aliphatic rings. The molecule has 0 aliphatic carbocycles. The Morgan fingerprint density at radius 2 is 1.50 bits per heavy atom. The molecule has 2 rings (SSSR count). The normalized spacial score (nSPS) is 10.5. The van der Waals surface area contributed by atoms with E-state index in [2.05, 4.69) is 15.9 Å². The first-order chi connectivity index (χ1) is 10.3. The summed E-state index contributed by atoms with van der Waals surface area (Å²) < 4.78 is 23.2. The fraction of sp³-hybridized carbons (Fsp3) is 0.188. The van der Waals surface area contributed by atoms with Crippen molar-refractivity contribution in [3.8, 4) is 11.1 Å². The topological polar surface area (TPSA) is 71.4 Å². The van der Waals surface area contributed by atoms with E-state index in [1.165, 1.54) is 18.2 Å². The quantitative estimate of drug-likeness (QED) is 0.858. The Bertz CT molecular complexity index is 765. The van der Waals surface area contributed by atoms with E-state index < -0.39 is 15.8 Å². The molecule has 0 aliphatic heterocycles. The third-order valence-electron chi connectivity index (χ3n) is 2.82. The third-order valence-corrected chi connectivity index (χ3v) is 4.60. The maximum absolute atomic E-state index is 11.4. The van der Waals surface area contributed by atoms with E-state index in [1.54, 1.807) is 24.3 Å². The van der Waals surface area contributed by atoms with E-state index in [-0.39, 0.29) is 10.5 Å². The maximum atomic E-state index is 11.4. The molecule has 0 amide bonds. The summed E-state index contributed by atoms with van der Waals surface area (Å²) in [6, 6.07) is 11.3. The van der Waals surface area contributed by atoms with Crippen molar-refractivity contribution < 1.29 is 18.3 Å². The number of hydrogen-bond donors (Lipinski definition) is 1. The number of halogens is 1. The summed E-state index contributed by atoms with van der Waals surface area (Å²) in [5.74, 6) is -1.00. The fourth-order valence-corrected chi connectivity index (χ4v) is 2.94. The van der Waals surface area contributed by atoms with Crippen LogP contribution in [-0.4, -0.2) is 25.7 Å². The summed E-state index contributed by atoms with van der Waals surface area (Å²) in [5, 5.41) is 8.96. The smallest absolute Gasteiger partial charge is 0.336 e.